The SMILES string of the molecule is CC(=O)OC(OC(C)=O)(c1ncccn1)c1coc2ccc(F)cc2c1=O. The van der Waals surface area contributed by atoms with Crippen molar-refractivity contribution in [2.75, 3.05) is 0 Å². The predicted molar refractivity (Wildman–Crippen MR) is 88.8 cm³/mol. The van der Waals surface area contributed by atoms with Crippen molar-refractivity contribution in [3.8, 4) is 0 Å². The lowest BCUT2D eigenvalue weighted by molar-refractivity contribution is -0.219. The number of hydrogen-bond acceptors (Lipinski definition) is 8. The van der Waals surface area contributed by atoms with Crippen molar-refractivity contribution in [2.45, 2.75) is 19.6 Å². The molecule has 0 aliphatic heterocycles. The number of benzene rings is 1. The summed E-state index contributed by atoms with van der Waals surface area (Å²) < 4.78 is 29.4. The molecule has 1 aromatic carbocycles. The maximum Gasteiger partial charge on any atom is 0.351 e. The highest BCUT2D eigenvalue weighted by Gasteiger charge is 2.48. The van der Waals surface area contributed by atoms with Crippen molar-refractivity contribution in [2.24, 2.45) is 0 Å². The summed E-state index contributed by atoms with van der Waals surface area (Å²) in [5.74, 6) is -5.09. The Morgan fingerprint density at radius 1 is 1.11 bits per heavy atom. The van der Waals surface area contributed by atoms with E-state index in [2.05, 4.69) is 9.97 Å². The van der Waals surface area contributed by atoms with Crippen LogP contribution in [0.4, 0.5) is 4.39 Å². The van der Waals surface area contributed by atoms with Gasteiger partial charge in [-0.3, -0.25) is 14.4 Å². The lowest BCUT2D eigenvalue weighted by Crippen LogP contribution is -2.43. The van der Waals surface area contributed by atoms with Crippen molar-refractivity contribution in [1.29, 1.82) is 0 Å². The summed E-state index contributed by atoms with van der Waals surface area (Å²) in [6.07, 6.45) is 3.59. The maximum atomic E-state index is 13.6. The number of esters is 2. The van der Waals surface area contributed by atoms with E-state index in [0.717, 1.165) is 32.2 Å². The smallest absolute Gasteiger partial charge is 0.351 e. The second-order valence-electron chi connectivity index (χ2n) is 5.50. The summed E-state index contributed by atoms with van der Waals surface area (Å²) >= 11 is 0. The normalized spacial score (nSPS) is 11.2. The average molecular weight is 372 g/mol. The van der Waals surface area contributed by atoms with E-state index >= 15 is 0 Å². The van der Waals surface area contributed by atoms with Crippen LogP contribution in [-0.2, 0) is 24.8 Å². The molecule has 2 aromatic heterocycles. The highest BCUT2D eigenvalue weighted by atomic mass is 19.1. The number of halogens is 1. The molecule has 0 fully saturated rings. The van der Waals surface area contributed by atoms with Gasteiger partial charge in [0.15, 0.2) is 0 Å². The Morgan fingerprint density at radius 2 is 1.74 bits per heavy atom. The Morgan fingerprint density at radius 3 is 2.33 bits per heavy atom. The lowest BCUT2D eigenvalue weighted by atomic mass is 10.0. The number of carbonyl (C=O) groups is 2. The molecule has 0 spiro atoms. The molecule has 27 heavy (non-hydrogen) atoms. The van der Waals surface area contributed by atoms with Gasteiger partial charge in [-0.25, -0.2) is 14.4 Å². The van der Waals surface area contributed by atoms with E-state index in [1.807, 2.05) is 0 Å². The number of fused-ring (bicyclic) bond motifs is 1. The van der Waals surface area contributed by atoms with Gasteiger partial charge < -0.3 is 13.9 Å². The molecule has 0 saturated carbocycles. The summed E-state index contributed by atoms with van der Waals surface area (Å²) in [5, 5.41) is -0.132. The zero-order valence-electron chi connectivity index (χ0n) is 14.3. The van der Waals surface area contributed by atoms with Gasteiger partial charge in [0.05, 0.1) is 5.39 Å². The van der Waals surface area contributed by atoms with Crippen LogP contribution in [0.25, 0.3) is 11.0 Å². The van der Waals surface area contributed by atoms with E-state index in [0.29, 0.717) is 0 Å². The first-order chi connectivity index (χ1) is 12.8. The van der Waals surface area contributed by atoms with E-state index in [4.69, 9.17) is 13.9 Å². The van der Waals surface area contributed by atoms with Crippen LogP contribution in [0.15, 0.2) is 52.1 Å². The summed E-state index contributed by atoms with van der Waals surface area (Å²) in [6.45, 7) is 2.12. The first kappa shape index (κ1) is 18.2. The second kappa shape index (κ2) is 6.94. The number of carbonyl (C=O) groups excluding carboxylic acids is 2. The van der Waals surface area contributed by atoms with Crippen molar-refractivity contribution < 1.29 is 27.9 Å². The van der Waals surface area contributed by atoms with Crippen molar-refractivity contribution in [3.05, 3.63) is 70.4 Å². The van der Waals surface area contributed by atoms with Gasteiger partial charge in [0.25, 0.3) is 0 Å². The molecule has 3 rings (SSSR count). The van der Waals surface area contributed by atoms with E-state index in [-0.39, 0.29) is 16.8 Å². The van der Waals surface area contributed by atoms with E-state index < -0.39 is 34.5 Å². The third kappa shape index (κ3) is 3.39. The fourth-order valence-corrected chi connectivity index (χ4v) is 2.55. The number of rotatable bonds is 4. The van der Waals surface area contributed by atoms with Crippen LogP contribution in [0, 0.1) is 5.82 Å². The molecule has 0 aliphatic rings. The van der Waals surface area contributed by atoms with Crippen LogP contribution in [0.3, 0.4) is 0 Å². The Bertz CT molecular complexity index is 1060. The molecule has 0 unspecified atom stereocenters. The van der Waals surface area contributed by atoms with Crippen LogP contribution < -0.4 is 5.43 Å². The van der Waals surface area contributed by atoms with Gasteiger partial charge in [0, 0.05) is 26.2 Å². The van der Waals surface area contributed by atoms with Crippen LogP contribution in [0.1, 0.15) is 25.2 Å². The molecule has 3 aromatic rings. The predicted octanol–water partition coefficient (Wildman–Crippen LogP) is 2.05. The Hall–Kier alpha value is -3.62. The van der Waals surface area contributed by atoms with Gasteiger partial charge in [-0.2, -0.15) is 0 Å². The van der Waals surface area contributed by atoms with Crippen LogP contribution >= 0.6 is 0 Å². The number of ether oxygens (including phenoxy) is 2. The summed E-state index contributed by atoms with van der Waals surface area (Å²) in [6, 6.07) is 4.84. The molecular formula is C18H13FN2O6. The van der Waals surface area contributed by atoms with E-state index in [1.165, 1.54) is 24.5 Å². The monoisotopic (exact) mass is 372 g/mol. The minimum absolute atomic E-state index is 0.0960. The Balaban J connectivity index is 2.38. The number of aromatic nitrogens is 2. The molecule has 8 nitrogen and oxygen atoms in total. The van der Waals surface area contributed by atoms with Crippen LogP contribution in [0.2, 0.25) is 0 Å². The van der Waals surface area contributed by atoms with E-state index in [1.54, 1.807) is 0 Å². The van der Waals surface area contributed by atoms with E-state index in [9.17, 15) is 18.8 Å². The number of nitrogens with zero attached hydrogens (tertiary/aromatic N) is 2. The molecule has 0 bridgehead atoms. The summed E-state index contributed by atoms with van der Waals surface area (Å²) in [7, 11) is 0. The molecule has 0 aliphatic carbocycles. The molecule has 0 saturated heterocycles. The fourth-order valence-electron chi connectivity index (χ4n) is 2.55. The van der Waals surface area contributed by atoms with Crippen molar-refractivity contribution in [3.63, 3.8) is 0 Å². The van der Waals surface area contributed by atoms with Crippen molar-refractivity contribution in [1.82, 2.24) is 9.97 Å². The quantitative estimate of drug-likeness (QED) is 0.506. The molecule has 9 heteroatoms. The van der Waals surface area contributed by atoms with Gasteiger partial charge in [-0.05, 0) is 24.3 Å². The first-order valence-electron chi connectivity index (χ1n) is 7.71. The topological polar surface area (TPSA) is 109 Å². The van der Waals surface area contributed by atoms with Gasteiger partial charge in [-0.15, -0.1) is 0 Å². The molecule has 0 amide bonds. The van der Waals surface area contributed by atoms with Gasteiger partial charge in [-0.1, -0.05) is 0 Å². The highest BCUT2D eigenvalue weighted by Crippen LogP contribution is 2.32. The molecule has 138 valence electrons. The standard InChI is InChI=1S/C18H13FN2O6/c1-10(22)26-18(27-11(2)23,17-20-6-3-7-21-17)14-9-25-15-5-4-12(19)8-13(15)16(14)24/h3-9H,1-2H3. The molecular weight excluding hydrogens is 359 g/mol. The largest absolute Gasteiger partial charge is 0.463 e. The van der Waals surface area contributed by atoms with Gasteiger partial charge in [0.1, 0.15) is 23.2 Å². The fraction of sp³-hybridized carbons (Fsp3) is 0.167. The molecule has 0 radical (unpaired) electrons. The average Bonchev–Trinajstić information content (AvgIpc) is 2.62. The first-order valence-corrected chi connectivity index (χ1v) is 7.71. The number of hydrogen-bond donors (Lipinski definition) is 0. The Labute approximate surface area is 151 Å². The minimum Gasteiger partial charge on any atom is -0.463 e. The van der Waals surface area contributed by atoms with Gasteiger partial charge >= 0.3 is 17.7 Å². The third-order valence-electron chi connectivity index (χ3n) is 3.52. The zero-order chi connectivity index (χ0) is 19.6. The van der Waals surface area contributed by atoms with Crippen molar-refractivity contribution >= 4 is 22.9 Å². The zero-order valence-corrected chi connectivity index (χ0v) is 14.3. The Kier molecular flexibility index (Phi) is 4.68. The van der Waals surface area contributed by atoms with Gasteiger partial charge in [0.2, 0.25) is 11.3 Å². The third-order valence-corrected chi connectivity index (χ3v) is 3.52. The lowest BCUT2D eigenvalue weighted by Gasteiger charge is -2.29. The van der Waals surface area contributed by atoms with Crippen LogP contribution in [0.5, 0.6) is 0 Å². The second-order valence-corrected chi connectivity index (χ2v) is 5.50. The maximum absolute atomic E-state index is 13.6. The highest BCUT2D eigenvalue weighted by molar-refractivity contribution is 5.77. The summed E-state index contributed by atoms with van der Waals surface area (Å²) in [5.41, 5.74) is -1.07. The molecule has 0 N–H and O–H groups in total. The molecule has 2 heterocycles. The molecule has 0 atom stereocenters. The summed E-state index contributed by atoms with van der Waals surface area (Å²) in [4.78, 5) is 44.4. The minimum atomic E-state index is -2.39. The van der Waals surface area contributed by atoms with Crippen LogP contribution in [-0.4, -0.2) is 21.9 Å².